The highest BCUT2D eigenvalue weighted by Gasteiger charge is 2.28. The van der Waals surface area contributed by atoms with Crippen LogP contribution in [0.3, 0.4) is 0 Å². The van der Waals surface area contributed by atoms with E-state index in [0.29, 0.717) is 17.6 Å². The molecule has 1 amide bonds. The number of halogens is 1. The fraction of sp³-hybridized carbons (Fsp3) is 0.462. The van der Waals surface area contributed by atoms with Crippen molar-refractivity contribution in [2.75, 3.05) is 26.7 Å². The van der Waals surface area contributed by atoms with Gasteiger partial charge in [0.15, 0.2) is 0 Å². The van der Waals surface area contributed by atoms with Crippen LogP contribution in [0.4, 0.5) is 5.69 Å². The molecule has 0 saturated carbocycles. The van der Waals surface area contributed by atoms with Gasteiger partial charge in [-0.3, -0.25) is 19.8 Å². The summed E-state index contributed by atoms with van der Waals surface area (Å²) in [6.45, 7) is 2.74. The number of carbonyl (C=O) groups is 1. The van der Waals surface area contributed by atoms with E-state index in [-0.39, 0.29) is 17.6 Å². The second kappa shape index (κ2) is 6.97. The minimum atomic E-state index is -0.424. The number of piperazine rings is 1. The Balaban J connectivity index is 2.15. The molecule has 1 aromatic carbocycles. The molecular formula is C13H17BrN4O3. The minimum absolute atomic E-state index is 0.0276. The standard InChI is InChI=1S/C13H17BrN4O3/c1-15-13(19)12-7-16-4-5-17(12)8-9-2-3-10(18(20)21)6-11(9)14/h2-3,6,12,16H,4-5,7-8H2,1H3,(H,15,19). The Hall–Kier alpha value is -1.51. The first kappa shape index (κ1) is 15.9. The first-order chi connectivity index (χ1) is 10.0. The van der Waals surface area contributed by atoms with Gasteiger partial charge in [-0.2, -0.15) is 0 Å². The molecule has 7 nitrogen and oxygen atoms in total. The number of hydrogen-bond acceptors (Lipinski definition) is 5. The lowest BCUT2D eigenvalue weighted by atomic mass is 10.1. The van der Waals surface area contributed by atoms with Crippen molar-refractivity contribution in [3.05, 3.63) is 38.3 Å². The quantitative estimate of drug-likeness (QED) is 0.617. The molecule has 2 N–H and O–H groups in total. The van der Waals surface area contributed by atoms with Crippen LogP contribution in [0.2, 0.25) is 0 Å². The van der Waals surface area contributed by atoms with Crippen LogP contribution in [0.1, 0.15) is 5.56 Å². The van der Waals surface area contributed by atoms with Gasteiger partial charge in [-0.1, -0.05) is 15.9 Å². The number of nitro benzene ring substituents is 1. The molecule has 1 heterocycles. The molecule has 8 heteroatoms. The van der Waals surface area contributed by atoms with Crippen LogP contribution in [0.15, 0.2) is 22.7 Å². The Morgan fingerprint density at radius 3 is 3.00 bits per heavy atom. The van der Waals surface area contributed by atoms with Crippen molar-refractivity contribution in [1.82, 2.24) is 15.5 Å². The van der Waals surface area contributed by atoms with Crippen LogP contribution in [0.25, 0.3) is 0 Å². The number of likely N-dealkylation sites (N-methyl/N-ethyl adjacent to an activating group) is 1. The van der Waals surface area contributed by atoms with Gasteiger partial charge in [-0.15, -0.1) is 0 Å². The van der Waals surface area contributed by atoms with E-state index >= 15 is 0 Å². The van der Waals surface area contributed by atoms with Crippen molar-refractivity contribution in [2.24, 2.45) is 0 Å². The van der Waals surface area contributed by atoms with Crippen molar-refractivity contribution in [1.29, 1.82) is 0 Å². The third-order valence-electron chi connectivity index (χ3n) is 3.52. The van der Waals surface area contributed by atoms with Crippen molar-refractivity contribution in [3.63, 3.8) is 0 Å². The number of carbonyl (C=O) groups excluding carboxylic acids is 1. The summed E-state index contributed by atoms with van der Waals surface area (Å²) in [7, 11) is 1.62. The molecule has 21 heavy (non-hydrogen) atoms. The van der Waals surface area contributed by atoms with Crippen LogP contribution in [-0.2, 0) is 11.3 Å². The van der Waals surface area contributed by atoms with Gasteiger partial charge < -0.3 is 10.6 Å². The second-order valence-corrected chi connectivity index (χ2v) is 5.69. The molecule has 114 valence electrons. The smallest absolute Gasteiger partial charge is 0.270 e. The Labute approximate surface area is 131 Å². The maximum absolute atomic E-state index is 11.9. The SMILES string of the molecule is CNC(=O)C1CNCCN1Cc1ccc([N+](=O)[O-])cc1Br. The first-order valence-corrected chi connectivity index (χ1v) is 7.41. The van der Waals surface area contributed by atoms with Crippen LogP contribution >= 0.6 is 15.9 Å². The second-order valence-electron chi connectivity index (χ2n) is 4.84. The zero-order valence-electron chi connectivity index (χ0n) is 11.6. The Morgan fingerprint density at radius 1 is 1.62 bits per heavy atom. The van der Waals surface area contributed by atoms with E-state index in [2.05, 4.69) is 31.5 Å². The maximum Gasteiger partial charge on any atom is 0.270 e. The summed E-state index contributed by atoms with van der Waals surface area (Å²) >= 11 is 3.37. The zero-order chi connectivity index (χ0) is 15.4. The third kappa shape index (κ3) is 3.78. The van der Waals surface area contributed by atoms with Crippen molar-refractivity contribution in [2.45, 2.75) is 12.6 Å². The van der Waals surface area contributed by atoms with Crippen molar-refractivity contribution < 1.29 is 9.72 Å². The van der Waals surface area contributed by atoms with Gasteiger partial charge >= 0.3 is 0 Å². The molecule has 0 bridgehead atoms. The number of nitro groups is 1. The Bertz CT molecular complexity index is 552. The van der Waals surface area contributed by atoms with Crippen LogP contribution in [0.5, 0.6) is 0 Å². The fourth-order valence-corrected chi connectivity index (χ4v) is 2.85. The lowest BCUT2D eigenvalue weighted by molar-refractivity contribution is -0.384. The van der Waals surface area contributed by atoms with E-state index in [1.807, 2.05) is 0 Å². The van der Waals surface area contributed by atoms with E-state index in [4.69, 9.17) is 0 Å². The van der Waals surface area contributed by atoms with E-state index in [1.165, 1.54) is 12.1 Å². The number of nitrogens with zero attached hydrogens (tertiary/aromatic N) is 2. The molecule has 0 aromatic heterocycles. The predicted molar refractivity (Wildman–Crippen MR) is 81.9 cm³/mol. The average molecular weight is 357 g/mol. The highest BCUT2D eigenvalue weighted by Crippen LogP contribution is 2.25. The van der Waals surface area contributed by atoms with Gasteiger partial charge in [0.25, 0.3) is 5.69 Å². The first-order valence-electron chi connectivity index (χ1n) is 6.62. The molecule has 1 aromatic rings. The minimum Gasteiger partial charge on any atom is -0.358 e. The molecule has 1 atom stereocenters. The fourth-order valence-electron chi connectivity index (χ4n) is 2.36. The van der Waals surface area contributed by atoms with E-state index < -0.39 is 4.92 Å². The summed E-state index contributed by atoms with van der Waals surface area (Å²) in [4.78, 5) is 24.3. The number of hydrogen-bond donors (Lipinski definition) is 2. The van der Waals surface area contributed by atoms with E-state index in [0.717, 1.165) is 18.7 Å². The van der Waals surface area contributed by atoms with E-state index in [9.17, 15) is 14.9 Å². The lowest BCUT2D eigenvalue weighted by Crippen LogP contribution is -2.56. The molecule has 2 rings (SSSR count). The highest BCUT2D eigenvalue weighted by atomic mass is 79.9. The highest BCUT2D eigenvalue weighted by molar-refractivity contribution is 9.10. The summed E-state index contributed by atoms with van der Waals surface area (Å²) in [5.74, 6) is -0.0276. The summed E-state index contributed by atoms with van der Waals surface area (Å²) in [5, 5.41) is 16.6. The van der Waals surface area contributed by atoms with Gasteiger partial charge in [-0.05, 0) is 11.6 Å². The monoisotopic (exact) mass is 356 g/mol. The largest absolute Gasteiger partial charge is 0.358 e. The van der Waals surface area contributed by atoms with E-state index in [1.54, 1.807) is 13.1 Å². The molecule has 0 radical (unpaired) electrons. The summed E-state index contributed by atoms with van der Waals surface area (Å²) < 4.78 is 0.686. The molecule has 1 unspecified atom stereocenters. The number of rotatable bonds is 4. The Morgan fingerprint density at radius 2 is 2.38 bits per heavy atom. The third-order valence-corrected chi connectivity index (χ3v) is 4.26. The molecule has 1 aliphatic heterocycles. The maximum atomic E-state index is 11.9. The molecule has 1 fully saturated rings. The summed E-state index contributed by atoms with van der Waals surface area (Å²) in [6, 6.07) is 4.47. The molecule has 1 saturated heterocycles. The Kier molecular flexibility index (Phi) is 5.27. The normalized spacial score (nSPS) is 19.2. The van der Waals surface area contributed by atoms with Crippen molar-refractivity contribution in [3.8, 4) is 0 Å². The molecule has 0 aliphatic carbocycles. The van der Waals surface area contributed by atoms with Gasteiger partial charge in [0.05, 0.1) is 4.92 Å². The van der Waals surface area contributed by atoms with Gasteiger partial charge in [0, 0.05) is 49.8 Å². The van der Waals surface area contributed by atoms with Crippen LogP contribution in [-0.4, -0.2) is 48.5 Å². The van der Waals surface area contributed by atoms with Crippen LogP contribution in [0, 0.1) is 10.1 Å². The average Bonchev–Trinajstić information content (AvgIpc) is 2.49. The van der Waals surface area contributed by atoms with Crippen LogP contribution < -0.4 is 10.6 Å². The lowest BCUT2D eigenvalue weighted by Gasteiger charge is -2.35. The van der Waals surface area contributed by atoms with Gasteiger partial charge in [0.2, 0.25) is 5.91 Å². The van der Waals surface area contributed by atoms with Crippen molar-refractivity contribution >= 4 is 27.5 Å². The van der Waals surface area contributed by atoms with Gasteiger partial charge in [0.1, 0.15) is 6.04 Å². The number of nitrogens with one attached hydrogen (secondary N) is 2. The summed E-state index contributed by atoms with van der Waals surface area (Å²) in [5.41, 5.74) is 0.977. The summed E-state index contributed by atoms with van der Waals surface area (Å²) in [6.07, 6.45) is 0. The molecule has 1 aliphatic rings. The molecular weight excluding hydrogens is 340 g/mol. The predicted octanol–water partition coefficient (Wildman–Crippen LogP) is 0.877. The van der Waals surface area contributed by atoms with Gasteiger partial charge in [-0.25, -0.2) is 0 Å². The zero-order valence-corrected chi connectivity index (χ0v) is 13.2. The number of non-ortho nitro benzene ring substituents is 1. The topological polar surface area (TPSA) is 87.5 Å². The number of benzene rings is 1. The molecule has 0 spiro atoms. The number of amides is 1.